The van der Waals surface area contributed by atoms with Gasteiger partial charge in [0.2, 0.25) is 0 Å². The summed E-state index contributed by atoms with van der Waals surface area (Å²) in [5, 5.41) is 3.43. The summed E-state index contributed by atoms with van der Waals surface area (Å²) in [5.74, 6) is -0.489. The molecule has 11 nitrogen and oxygen atoms in total. The Kier molecular flexibility index (Phi) is 5.18. The maximum atomic E-state index is 12.1. The monoisotopic (exact) mass is 338 g/mol. The highest BCUT2D eigenvalue weighted by Gasteiger charge is 2.49. The van der Waals surface area contributed by atoms with Crippen molar-refractivity contribution < 1.29 is 31.7 Å². The zero-order valence-corrected chi connectivity index (χ0v) is 12.7. The minimum Gasteiger partial charge on any atom is -0.317 e. The van der Waals surface area contributed by atoms with Gasteiger partial charge < -0.3 is 10.2 Å². The fourth-order valence-electron chi connectivity index (χ4n) is 2.45. The molecule has 2 fully saturated rings. The van der Waals surface area contributed by atoms with Crippen LogP contribution in [0.4, 0.5) is 4.79 Å². The number of carbonyl (C=O) groups excluding carboxylic acids is 2. The molecule has 2 aliphatic rings. The quantitative estimate of drug-likeness (QED) is 0.282. The molecule has 0 aliphatic carbocycles. The predicted octanol–water partition coefficient (Wildman–Crippen LogP) is -1.74. The first kappa shape index (κ1) is 16.9. The van der Waals surface area contributed by atoms with E-state index >= 15 is 0 Å². The van der Waals surface area contributed by atoms with Gasteiger partial charge in [-0.1, -0.05) is 0 Å². The molecule has 12 heteroatoms. The molecular formula is C10H18N4O7S. The minimum absolute atomic E-state index is 0.142. The second kappa shape index (κ2) is 6.75. The topological polar surface area (TPSA) is 138 Å². The van der Waals surface area contributed by atoms with Crippen LogP contribution in [-0.4, -0.2) is 73.7 Å². The third-order valence-electron chi connectivity index (χ3n) is 3.43. The van der Waals surface area contributed by atoms with Crippen molar-refractivity contribution in [1.82, 2.24) is 20.8 Å². The van der Waals surface area contributed by atoms with Crippen LogP contribution in [0.5, 0.6) is 0 Å². The van der Waals surface area contributed by atoms with Gasteiger partial charge in [-0.25, -0.2) is 10.3 Å². The summed E-state index contributed by atoms with van der Waals surface area (Å²) in [6.45, 7) is 0.956. The van der Waals surface area contributed by atoms with E-state index in [0.29, 0.717) is 24.4 Å². The lowest BCUT2D eigenvalue weighted by Gasteiger charge is -2.28. The van der Waals surface area contributed by atoms with Gasteiger partial charge in [-0.2, -0.15) is 13.5 Å². The van der Waals surface area contributed by atoms with Gasteiger partial charge in [-0.3, -0.25) is 14.2 Å². The molecule has 2 bridgehead atoms. The number of piperidine rings is 1. The molecule has 2 unspecified atom stereocenters. The number of nitrogens with zero attached hydrogens (tertiary/aromatic N) is 2. The molecule has 126 valence electrons. The maximum Gasteiger partial charge on any atom is 0.418 e. The van der Waals surface area contributed by atoms with Crippen LogP contribution in [0.25, 0.3) is 0 Å². The third kappa shape index (κ3) is 3.84. The van der Waals surface area contributed by atoms with Crippen molar-refractivity contribution in [2.45, 2.75) is 24.9 Å². The van der Waals surface area contributed by atoms with Crippen molar-refractivity contribution in [3.05, 3.63) is 0 Å². The van der Waals surface area contributed by atoms with Crippen LogP contribution in [0.15, 0.2) is 0 Å². The highest BCUT2D eigenvalue weighted by atomic mass is 32.3. The molecule has 0 aromatic rings. The fraction of sp³-hybridized carbons (Fsp3) is 0.800. The number of fused-ring (bicyclic) bond motifs is 2. The molecular weight excluding hydrogens is 320 g/mol. The number of carbonyl (C=O) groups is 2. The van der Waals surface area contributed by atoms with E-state index < -0.39 is 34.4 Å². The Balaban J connectivity index is 1.95. The van der Waals surface area contributed by atoms with Crippen LogP contribution in [-0.2, 0) is 24.3 Å². The van der Waals surface area contributed by atoms with Crippen molar-refractivity contribution >= 4 is 22.3 Å². The molecule has 0 saturated carbocycles. The molecule has 0 aromatic carbocycles. The number of likely N-dealkylation sites (N-methyl/N-ethyl adjacent to an activating group) is 1. The fourth-order valence-corrected chi connectivity index (χ4v) is 2.84. The van der Waals surface area contributed by atoms with Crippen molar-refractivity contribution in [3.8, 4) is 0 Å². The molecule has 2 heterocycles. The first-order chi connectivity index (χ1) is 10.3. The number of hydrogen-bond acceptors (Lipinski definition) is 7. The van der Waals surface area contributed by atoms with E-state index in [0.717, 1.165) is 0 Å². The maximum absolute atomic E-state index is 12.1. The van der Waals surface area contributed by atoms with Crippen LogP contribution in [0.2, 0.25) is 0 Å². The standard InChI is InChI=1S/C10H18N4O7S/c1-11-4-5-20-12-9(15)8-3-2-7-6-13(8)10(16)14(7)21-22(17,18)19/h7-8,11H,2-6H2,1H3,(H,12,15)(H,17,18,19). The zero-order chi connectivity index (χ0) is 16.3. The lowest BCUT2D eigenvalue weighted by molar-refractivity contribution is -0.138. The van der Waals surface area contributed by atoms with Crippen LogP contribution in [0, 0.1) is 0 Å². The lowest BCUT2D eigenvalue weighted by Crippen LogP contribution is -2.50. The average Bonchev–Trinajstić information content (AvgIpc) is 2.67. The van der Waals surface area contributed by atoms with E-state index in [1.54, 1.807) is 7.05 Å². The second-order valence-electron chi connectivity index (χ2n) is 4.93. The number of rotatable bonds is 7. The van der Waals surface area contributed by atoms with Gasteiger partial charge in [-0.15, -0.1) is 4.28 Å². The van der Waals surface area contributed by atoms with Crippen molar-refractivity contribution in [2.75, 3.05) is 26.7 Å². The van der Waals surface area contributed by atoms with E-state index in [1.165, 1.54) is 4.90 Å². The Morgan fingerprint density at radius 3 is 2.82 bits per heavy atom. The lowest BCUT2D eigenvalue weighted by atomic mass is 10.0. The first-order valence-electron chi connectivity index (χ1n) is 6.66. The molecule has 0 spiro atoms. The van der Waals surface area contributed by atoms with Crippen LogP contribution < -0.4 is 10.8 Å². The van der Waals surface area contributed by atoms with Gasteiger partial charge >= 0.3 is 16.4 Å². The molecule has 3 N–H and O–H groups in total. The Bertz CT molecular complexity index is 539. The Morgan fingerprint density at radius 1 is 1.45 bits per heavy atom. The average molecular weight is 338 g/mol. The van der Waals surface area contributed by atoms with Crippen LogP contribution >= 0.6 is 0 Å². The normalized spacial score (nSPS) is 24.7. The molecule has 3 amide bonds. The van der Waals surface area contributed by atoms with Gasteiger partial charge in [0.1, 0.15) is 6.04 Å². The van der Waals surface area contributed by atoms with E-state index in [-0.39, 0.29) is 13.2 Å². The minimum atomic E-state index is -4.79. The molecule has 2 rings (SSSR count). The number of hydroxylamine groups is 3. The number of nitrogens with one attached hydrogen (secondary N) is 2. The number of hydrogen-bond donors (Lipinski definition) is 3. The Labute approximate surface area is 127 Å². The van der Waals surface area contributed by atoms with E-state index in [4.69, 9.17) is 9.39 Å². The summed E-state index contributed by atoms with van der Waals surface area (Å²) in [5.41, 5.74) is 2.25. The van der Waals surface area contributed by atoms with Crippen LogP contribution in [0.3, 0.4) is 0 Å². The van der Waals surface area contributed by atoms with E-state index in [2.05, 4.69) is 15.1 Å². The summed E-state index contributed by atoms with van der Waals surface area (Å²) >= 11 is 0. The second-order valence-corrected chi connectivity index (χ2v) is 5.93. The Morgan fingerprint density at radius 2 is 2.18 bits per heavy atom. The molecule has 2 aliphatic heterocycles. The molecule has 0 aromatic heterocycles. The van der Waals surface area contributed by atoms with Gasteiger partial charge in [0.15, 0.2) is 0 Å². The van der Waals surface area contributed by atoms with E-state index in [9.17, 15) is 18.0 Å². The molecule has 0 radical (unpaired) electrons. The highest BCUT2D eigenvalue weighted by molar-refractivity contribution is 7.80. The Hall–Kier alpha value is -1.47. The van der Waals surface area contributed by atoms with Crippen molar-refractivity contribution in [3.63, 3.8) is 0 Å². The SMILES string of the molecule is CNCCONC(=O)C1CCC2CN1C(=O)N2OS(=O)(=O)O. The smallest absolute Gasteiger partial charge is 0.317 e. The first-order valence-corrected chi connectivity index (χ1v) is 8.03. The van der Waals surface area contributed by atoms with Gasteiger partial charge in [0.25, 0.3) is 5.91 Å². The van der Waals surface area contributed by atoms with Crippen molar-refractivity contribution in [2.24, 2.45) is 0 Å². The number of amides is 3. The summed E-state index contributed by atoms with van der Waals surface area (Å²) in [7, 11) is -3.06. The van der Waals surface area contributed by atoms with Gasteiger partial charge in [-0.05, 0) is 19.9 Å². The predicted molar refractivity (Wildman–Crippen MR) is 71.4 cm³/mol. The summed E-state index contributed by atoms with van der Waals surface area (Å²) in [4.78, 5) is 30.2. The number of urea groups is 1. The highest BCUT2D eigenvalue weighted by Crippen LogP contribution is 2.30. The van der Waals surface area contributed by atoms with Gasteiger partial charge in [0.05, 0.1) is 12.6 Å². The van der Waals surface area contributed by atoms with Crippen LogP contribution in [0.1, 0.15) is 12.8 Å². The van der Waals surface area contributed by atoms with Gasteiger partial charge in [0, 0.05) is 13.1 Å². The summed E-state index contributed by atoms with van der Waals surface area (Å²) in [6, 6.07) is -2.08. The zero-order valence-electron chi connectivity index (χ0n) is 11.9. The third-order valence-corrected chi connectivity index (χ3v) is 3.78. The summed E-state index contributed by atoms with van der Waals surface area (Å²) < 4.78 is 34.5. The molecule has 2 atom stereocenters. The largest absolute Gasteiger partial charge is 0.418 e. The molecule has 2 saturated heterocycles. The van der Waals surface area contributed by atoms with E-state index in [1.807, 2.05) is 0 Å². The van der Waals surface area contributed by atoms with Crippen molar-refractivity contribution in [1.29, 1.82) is 0 Å². The molecule has 22 heavy (non-hydrogen) atoms. The summed E-state index contributed by atoms with van der Waals surface area (Å²) in [6.07, 6.45) is 0.704.